The van der Waals surface area contributed by atoms with E-state index in [4.69, 9.17) is 5.11 Å². The Labute approximate surface area is 110 Å². The van der Waals surface area contributed by atoms with E-state index < -0.39 is 21.7 Å². The maximum Gasteiger partial charge on any atom is 0.356 e. The first-order valence-electron chi connectivity index (χ1n) is 4.54. The van der Waals surface area contributed by atoms with E-state index in [9.17, 15) is 13.2 Å². The van der Waals surface area contributed by atoms with Crippen LogP contribution in [0.25, 0.3) is 0 Å². The third kappa shape index (κ3) is 2.72. The highest BCUT2D eigenvalue weighted by atomic mass is 32.2. The van der Waals surface area contributed by atoms with Gasteiger partial charge in [-0.05, 0) is 0 Å². The average Bonchev–Trinajstić information content (AvgIpc) is 2.98. The molecule has 0 saturated heterocycles. The zero-order valence-corrected chi connectivity index (χ0v) is 11.2. The number of aromatic nitrogens is 2. The highest BCUT2D eigenvalue weighted by molar-refractivity contribution is 7.91. The molecule has 0 spiro atoms. The molecule has 0 amide bonds. The van der Waals surface area contributed by atoms with Crippen molar-refractivity contribution in [2.45, 2.75) is 10.8 Å². The van der Waals surface area contributed by atoms with Gasteiger partial charge in [0.25, 0.3) is 10.0 Å². The minimum Gasteiger partial charge on any atom is -0.476 e. The lowest BCUT2D eigenvalue weighted by atomic mass is 10.5. The fourth-order valence-electron chi connectivity index (χ4n) is 1.13. The van der Waals surface area contributed by atoms with Crippen LogP contribution in [-0.2, 0) is 16.6 Å². The van der Waals surface area contributed by atoms with Crippen molar-refractivity contribution < 1.29 is 18.3 Å². The molecule has 0 aliphatic heterocycles. The molecule has 0 unspecified atom stereocenters. The molecule has 0 radical (unpaired) electrons. The van der Waals surface area contributed by atoms with Crippen LogP contribution in [0.3, 0.4) is 0 Å². The lowest BCUT2D eigenvalue weighted by molar-refractivity contribution is 0.0687. The summed E-state index contributed by atoms with van der Waals surface area (Å²) in [5.41, 5.74) is 2.31. The summed E-state index contributed by atoms with van der Waals surface area (Å²) in [5, 5.41) is 8.81. The van der Waals surface area contributed by atoms with Crippen LogP contribution >= 0.6 is 22.7 Å². The predicted octanol–water partition coefficient (Wildman–Crippen LogP) is 0.776. The number of nitrogens with zero attached hydrogens (tertiary/aromatic N) is 2. The molecule has 7 nitrogen and oxygen atoms in total. The van der Waals surface area contributed by atoms with Gasteiger partial charge >= 0.3 is 5.97 Å². The summed E-state index contributed by atoms with van der Waals surface area (Å²) in [6.45, 7) is 0.0734. The van der Waals surface area contributed by atoms with Gasteiger partial charge in [-0.2, -0.15) is 0 Å². The van der Waals surface area contributed by atoms with Crippen molar-refractivity contribution >= 4 is 38.7 Å². The van der Waals surface area contributed by atoms with Crippen molar-refractivity contribution in [1.82, 2.24) is 14.7 Å². The van der Waals surface area contributed by atoms with E-state index in [1.165, 1.54) is 23.0 Å². The monoisotopic (exact) mass is 305 g/mol. The third-order valence-electron chi connectivity index (χ3n) is 1.90. The van der Waals surface area contributed by atoms with Crippen LogP contribution in [0.1, 0.15) is 15.4 Å². The van der Waals surface area contributed by atoms with Crippen molar-refractivity contribution in [2.75, 3.05) is 0 Å². The zero-order chi connectivity index (χ0) is 13.2. The summed E-state index contributed by atoms with van der Waals surface area (Å²) in [5.74, 6) is -1.37. The van der Waals surface area contributed by atoms with Gasteiger partial charge in [0, 0.05) is 17.6 Å². The second-order valence-electron chi connectivity index (χ2n) is 3.09. The molecular weight excluding hydrogens is 298 g/mol. The minimum absolute atomic E-state index is 0.0734. The van der Waals surface area contributed by atoms with Gasteiger partial charge < -0.3 is 5.11 Å². The normalized spacial score (nSPS) is 11.6. The van der Waals surface area contributed by atoms with Crippen LogP contribution in [0.15, 0.2) is 21.4 Å². The Bertz CT molecular complexity index is 647. The Morgan fingerprint density at radius 2 is 2.17 bits per heavy atom. The fourth-order valence-corrected chi connectivity index (χ4v) is 3.94. The molecule has 0 bridgehead atoms. The van der Waals surface area contributed by atoms with Crippen LogP contribution in [0.5, 0.6) is 0 Å². The van der Waals surface area contributed by atoms with E-state index in [1.54, 1.807) is 5.51 Å². The molecule has 2 heterocycles. The van der Waals surface area contributed by atoms with Gasteiger partial charge in [-0.25, -0.2) is 22.9 Å². The van der Waals surface area contributed by atoms with Crippen LogP contribution in [0.2, 0.25) is 0 Å². The third-order valence-corrected chi connectivity index (χ3v) is 5.45. The SMILES string of the molecule is O=C(O)c1ncsc1S(=O)(=O)NCc1cncs1. The molecule has 0 fully saturated rings. The Morgan fingerprint density at radius 1 is 1.39 bits per heavy atom. The number of aromatic carboxylic acids is 1. The first-order chi connectivity index (χ1) is 8.50. The van der Waals surface area contributed by atoms with Gasteiger partial charge in [-0.3, -0.25) is 4.98 Å². The molecule has 0 aromatic carbocycles. The molecule has 0 atom stereocenters. The van der Waals surface area contributed by atoms with Crippen LogP contribution in [0.4, 0.5) is 0 Å². The number of hydrogen-bond donors (Lipinski definition) is 2. The van der Waals surface area contributed by atoms with Crippen molar-refractivity contribution in [3.05, 3.63) is 27.8 Å². The van der Waals surface area contributed by atoms with E-state index in [0.29, 0.717) is 0 Å². The number of carboxylic acids is 1. The standard InChI is InChI=1S/C8H7N3O4S3/c12-7(13)6-8(17-4-10-6)18(14,15)11-2-5-1-9-3-16-5/h1,3-4,11H,2H2,(H,12,13). The maximum absolute atomic E-state index is 11.9. The minimum atomic E-state index is -3.86. The lowest BCUT2D eigenvalue weighted by Gasteiger charge is -2.03. The summed E-state index contributed by atoms with van der Waals surface area (Å²) < 4.78 is 25.8. The first kappa shape index (κ1) is 13.1. The van der Waals surface area contributed by atoms with Gasteiger partial charge in [-0.1, -0.05) is 0 Å². The Hall–Kier alpha value is -1.36. The lowest BCUT2D eigenvalue weighted by Crippen LogP contribution is -2.23. The van der Waals surface area contributed by atoms with Gasteiger partial charge in [0.1, 0.15) is 0 Å². The number of thiazole rings is 2. The Kier molecular flexibility index (Phi) is 3.71. The van der Waals surface area contributed by atoms with E-state index in [0.717, 1.165) is 16.2 Å². The summed E-state index contributed by atoms with van der Waals surface area (Å²) in [6.07, 6.45) is 1.54. The Balaban J connectivity index is 2.20. The highest BCUT2D eigenvalue weighted by Gasteiger charge is 2.25. The van der Waals surface area contributed by atoms with Crippen molar-refractivity contribution in [1.29, 1.82) is 0 Å². The molecule has 2 N–H and O–H groups in total. The number of hydrogen-bond acceptors (Lipinski definition) is 7. The number of sulfonamides is 1. The van der Waals surface area contributed by atoms with Crippen LogP contribution in [-0.4, -0.2) is 29.5 Å². The first-order valence-corrected chi connectivity index (χ1v) is 7.79. The molecule has 0 aliphatic carbocycles. The van der Waals surface area contributed by atoms with Gasteiger partial charge in [0.05, 0.1) is 11.0 Å². The molecule has 2 aromatic rings. The Morgan fingerprint density at radius 3 is 2.78 bits per heavy atom. The second-order valence-corrected chi connectivity index (χ2v) is 6.87. The zero-order valence-electron chi connectivity index (χ0n) is 8.73. The fraction of sp³-hybridized carbons (Fsp3) is 0.125. The van der Waals surface area contributed by atoms with Crippen molar-refractivity contribution in [3.63, 3.8) is 0 Å². The summed E-state index contributed by atoms with van der Waals surface area (Å²) in [4.78, 5) is 18.9. The van der Waals surface area contributed by atoms with Crippen LogP contribution < -0.4 is 4.72 Å². The number of carboxylic acid groups (broad SMARTS) is 1. The van der Waals surface area contributed by atoms with Crippen molar-refractivity contribution in [3.8, 4) is 0 Å². The van der Waals surface area contributed by atoms with Gasteiger partial charge in [-0.15, -0.1) is 22.7 Å². The van der Waals surface area contributed by atoms with Gasteiger partial charge in [0.15, 0.2) is 9.90 Å². The summed E-state index contributed by atoms with van der Waals surface area (Å²) in [6, 6.07) is 0. The van der Waals surface area contributed by atoms with E-state index in [2.05, 4.69) is 14.7 Å². The molecule has 2 aromatic heterocycles. The molecule has 0 aliphatic rings. The van der Waals surface area contributed by atoms with Gasteiger partial charge in [0.2, 0.25) is 0 Å². The second kappa shape index (κ2) is 5.10. The largest absolute Gasteiger partial charge is 0.476 e. The number of nitrogens with one attached hydrogen (secondary N) is 1. The van der Waals surface area contributed by atoms with E-state index in [-0.39, 0.29) is 10.8 Å². The molecule has 10 heteroatoms. The van der Waals surface area contributed by atoms with E-state index >= 15 is 0 Å². The van der Waals surface area contributed by atoms with Crippen LogP contribution in [0, 0.1) is 0 Å². The topological polar surface area (TPSA) is 109 Å². The molecule has 96 valence electrons. The molecule has 0 saturated carbocycles. The predicted molar refractivity (Wildman–Crippen MR) is 65.2 cm³/mol. The van der Waals surface area contributed by atoms with Crippen molar-refractivity contribution in [2.24, 2.45) is 0 Å². The molecule has 18 heavy (non-hydrogen) atoms. The number of carbonyl (C=O) groups is 1. The molecular formula is C8H7N3O4S3. The smallest absolute Gasteiger partial charge is 0.356 e. The average molecular weight is 305 g/mol. The number of rotatable bonds is 5. The summed E-state index contributed by atoms with van der Waals surface area (Å²) >= 11 is 2.07. The highest BCUT2D eigenvalue weighted by Crippen LogP contribution is 2.20. The molecule has 2 rings (SSSR count). The maximum atomic E-state index is 11.9. The van der Waals surface area contributed by atoms with E-state index in [1.807, 2.05) is 0 Å². The summed E-state index contributed by atoms with van der Waals surface area (Å²) in [7, 11) is -3.86. The quantitative estimate of drug-likeness (QED) is 0.844.